The van der Waals surface area contributed by atoms with Crippen LogP contribution >= 0.6 is 15.9 Å². The third kappa shape index (κ3) is 3.57. The highest BCUT2D eigenvalue weighted by Crippen LogP contribution is 2.29. The third-order valence-electron chi connectivity index (χ3n) is 3.76. The molecule has 2 rings (SSSR count). The molecule has 1 saturated heterocycles. The number of carbonyl (C=O) groups excluding carboxylic acids is 1. The van der Waals surface area contributed by atoms with Gasteiger partial charge in [0.05, 0.1) is 17.9 Å². The predicted octanol–water partition coefficient (Wildman–Crippen LogP) is 3.14. The standard InChI is InChI=1S/C15H17BrN2O/c1-15(11-17)6-8-18(9-7-15)14(19)10-12-2-4-13(16)5-3-12/h2-5H,6-10H2,1H3. The molecule has 0 aliphatic carbocycles. The Balaban J connectivity index is 1.92. The van der Waals surface area contributed by atoms with E-state index in [1.54, 1.807) is 0 Å². The van der Waals surface area contributed by atoms with E-state index in [1.807, 2.05) is 36.1 Å². The van der Waals surface area contributed by atoms with Gasteiger partial charge in [-0.25, -0.2) is 0 Å². The fraction of sp³-hybridized carbons (Fsp3) is 0.467. The van der Waals surface area contributed by atoms with Crippen LogP contribution in [0.4, 0.5) is 0 Å². The van der Waals surface area contributed by atoms with Crippen LogP contribution in [-0.2, 0) is 11.2 Å². The highest BCUT2D eigenvalue weighted by Gasteiger charge is 2.31. The van der Waals surface area contributed by atoms with E-state index in [4.69, 9.17) is 5.26 Å². The highest BCUT2D eigenvalue weighted by atomic mass is 79.9. The first-order chi connectivity index (χ1) is 9.02. The number of likely N-dealkylation sites (tertiary alicyclic amines) is 1. The molecule has 100 valence electrons. The van der Waals surface area contributed by atoms with Gasteiger partial charge in [-0.15, -0.1) is 0 Å². The minimum absolute atomic E-state index is 0.155. The molecule has 0 radical (unpaired) electrons. The van der Waals surface area contributed by atoms with E-state index >= 15 is 0 Å². The minimum atomic E-state index is -0.256. The Bertz CT molecular complexity index is 496. The maximum Gasteiger partial charge on any atom is 0.226 e. The summed E-state index contributed by atoms with van der Waals surface area (Å²) in [4.78, 5) is 14.1. The Hall–Kier alpha value is -1.34. The van der Waals surface area contributed by atoms with Crippen molar-refractivity contribution in [3.05, 3.63) is 34.3 Å². The van der Waals surface area contributed by atoms with E-state index < -0.39 is 0 Å². The quantitative estimate of drug-likeness (QED) is 0.840. The van der Waals surface area contributed by atoms with E-state index in [9.17, 15) is 4.79 Å². The molecular formula is C15H17BrN2O. The molecule has 3 nitrogen and oxygen atoms in total. The fourth-order valence-electron chi connectivity index (χ4n) is 2.25. The Labute approximate surface area is 122 Å². The second kappa shape index (κ2) is 5.75. The van der Waals surface area contributed by atoms with Gasteiger partial charge >= 0.3 is 0 Å². The van der Waals surface area contributed by atoms with Crippen LogP contribution in [0.25, 0.3) is 0 Å². The Morgan fingerprint density at radius 2 is 1.95 bits per heavy atom. The van der Waals surface area contributed by atoms with Crippen LogP contribution < -0.4 is 0 Å². The first-order valence-corrected chi connectivity index (χ1v) is 7.25. The normalized spacial score (nSPS) is 17.8. The van der Waals surface area contributed by atoms with Crippen molar-refractivity contribution in [1.29, 1.82) is 5.26 Å². The second-order valence-electron chi connectivity index (χ2n) is 5.36. The van der Waals surface area contributed by atoms with Crippen molar-refractivity contribution >= 4 is 21.8 Å². The van der Waals surface area contributed by atoms with Crippen LogP contribution in [-0.4, -0.2) is 23.9 Å². The lowest BCUT2D eigenvalue weighted by molar-refractivity contribution is -0.132. The van der Waals surface area contributed by atoms with Gasteiger partial charge in [0.25, 0.3) is 0 Å². The summed E-state index contributed by atoms with van der Waals surface area (Å²) in [6, 6.07) is 10.2. The van der Waals surface area contributed by atoms with Gasteiger partial charge < -0.3 is 4.90 Å². The number of nitrogens with zero attached hydrogens (tertiary/aromatic N) is 2. The summed E-state index contributed by atoms with van der Waals surface area (Å²) in [5, 5.41) is 9.08. The molecule has 1 amide bonds. The lowest BCUT2D eigenvalue weighted by atomic mass is 9.82. The van der Waals surface area contributed by atoms with Crippen molar-refractivity contribution in [3.63, 3.8) is 0 Å². The number of halogens is 1. The van der Waals surface area contributed by atoms with Gasteiger partial charge in [-0.2, -0.15) is 5.26 Å². The van der Waals surface area contributed by atoms with Gasteiger partial charge in [0.1, 0.15) is 0 Å². The number of hydrogen-bond donors (Lipinski definition) is 0. The van der Waals surface area contributed by atoms with Gasteiger partial charge in [-0.05, 0) is 37.5 Å². The number of rotatable bonds is 2. The zero-order valence-corrected chi connectivity index (χ0v) is 12.6. The molecule has 4 heteroatoms. The molecule has 1 heterocycles. The van der Waals surface area contributed by atoms with E-state index in [0.29, 0.717) is 19.5 Å². The molecule has 1 aromatic rings. The summed E-state index contributed by atoms with van der Waals surface area (Å²) in [6.45, 7) is 3.36. The summed E-state index contributed by atoms with van der Waals surface area (Å²) >= 11 is 3.38. The van der Waals surface area contributed by atoms with Crippen LogP contribution in [0.1, 0.15) is 25.3 Å². The topological polar surface area (TPSA) is 44.1 Å². The lowest BCUT2D eigenvalue weighted by Gasteiger charge is -2.35. The molecule has 1 aromatic carbocycles. The number of carbonyl (C=O) groups is 1. The Morgan fingerprint density at radius 3 is 2.47 bits per heavy atom. The molecule has 0 spiro atoms. The lowest BCUT2D eigenvalue weighted by Crippen LogP contribution is -2.42. The molecule has 0 unspecified atom stereocenters. The summed E-state index contributed by atoms with van der Waals surface area (Å²) in [7, 11) is 0. The van der Waals surface area contributed by atoms with Crippen molar-refractivity contribution < 1.29 is 4.79 Å². The first kappa shape index (κ1) is 14.1. The predicted molar refractivity (Wildman–Crippen MR) is 77.4 cm³/mol. The molecule has 0 saturated carbocycles. The molecule has 0 aromatic heterocycles. The van der Waals surface area contributed by atoms with E-state index in [2.05, 4.69) is 22.0 Å². The van der Waals surface area contributed by atoms with Crippen LogP contribution in [0.2, 0.25) is 0 Å². The first-order valence-electron chi connectivity index (χ1n) is 6.46. The monoisotopic (exact) mass is 320 g/mol. The molecular weight excluding hydrogens is 304 g/mol. The number of piperidine rings is 1. The van der Waals surface area contributed by atoms with Crippen LogP contribution in [0.15, 0.2) is 28.7 Å². The zero-order valence-electron chi connectivity index (χ0n) is 11.0. The van der Waals surface area contributed by atoms with Crippen LogP contribution in [0.3, 0.4) is 0 Å². The number of nitriles is 1. The van der Waals surface area contributed by atoms with Crippen molar-refractivity contribution in [2.75, 3.05) is 13.1 Å². The van der Waals surface area contributed by atoms with Crippen molar-refractivity contribution in [3.8, 4) is 6.07 Å². The number of hydrogen-bond acceptors (Lipinski definition) is 2. The molecule has 1 fully saturated rings. The summed E-state index contributed by atoms with van der Waals surface area (Å²) in [5.41, 5.74) is 0.774. The van der Waals surface area contributed by atoms with Crippen molar-refractivity contribution in [2.24, 2.45) is 5.41 Å². The number of benzene rings is 1. The maximum absolute atomic E-state index is 12.2. The third-order valence-corrected chi connectivity index (χ3v) is 4.29. The van der Waals surface area contributed by atoms with Crippen molar-refractivity contribution in [2.45, 2.75) is 26.2 Å². The highest BCUT2D eigenvalue weighted by molar-refractivity contribution is 9.10. The second-order valence-corrected chi connectivity index (χ2v) is 6.27. The van der Waals surface area contributed by atoms with Crippen LogP contribution in [0.5, 0.6) is 0 Å². The van der Waals surface area contributed by atoms with Gasteiger partial charge in [-0.1, -0.05) is 28.1 Å². The van der Waals surface area contributed by atoms with Gasteiger partial charge in [-0.3, -0.25) is 4.79 Å². The molecule has 1 aliphatic rings. The summed E-state index contributed by atoms with van der Waals surface area (Å²) in [5.74, 6) is 0.155. The van der Waals surface area contributed by atoms with E-state index in [1.165, 1.54) is 0 Å². The molecule has 1 aliphatic heterocycles. The van der Waals surface area contributed by atoms with Gasteiger partial charge in [0.2, 0.25) is 5.91 Å². The minimum Gasteiger partial charge on any atom is -0.342 e. The fourth-order valence-corrected chi connectivity index (χ4v) is 2.51. The zero-order chi connectivity index (χ0) is 13.9. The average Bonchev–Trinajstić information content (AvgIpc) is 2.42. The summed E-state index contributed by atoms with van der Waals surface area (Å²) in [6.07, 6.45) is 1.99. The smallest absolute Gasteiger partial charge is 0.226 e. The maximum atomic E-state index is 12.2. The summed E-state index contributed by atoms with van der Waals surface area (Å²) < 4.78 is 1.02. The number of amides is 1. The Kier molecular flexibility index (Phi) is 4.26. The molecule has 0 bridgehead atoms. The van der Waals surface area contributed by atoms with E-state index in [-0.39, 0.29) is 11.3 Å². The largest absolute Gasteiger partial charge is 0.342 e. The Morgan fingerprint density at radius 1 is 1.37 bits per heavy atom. The van der Waals surface area contributed by atoms with E-state index in [0.717, 1.165) is 22.9 Å². The van der Waals surface area contributed by atoms with Crippen LogP contribution in [0, 0.1) is 16.7 Å². The average molecular weight is 321 g/mol. The van der Waals surface area contributed by atoms with Crippen molar-refractivity contribution in [1.82, 2.24) is 4.90 Å². The molecule has 0 atom stereocenters. The molecule has 19 heavy (non-hydrogen) atoms. The molecule has 0 N–H and O–H groups in total. The SMILES string of the molecule is CC1(C#N)CCN(C(=O)Cc2ccc(Br)cc2)CC1. The van der Waals surface area contributed by atoms with Gasteiger partial charge in [0, 0.05) is 17.6 Å². The van der Waals surface area contributed by atoms with Gasteiger partial charge in [0.15, 0.2) is 0 Å².